The van der Waals surface area contributed by atoms with Crippen molar-refractivity contribution in [3.63, 3.8) is 0 Å². The number of rotatable bonds is 6. The van der Waals surface area contributed by atoms with Gasteiger partial charge in [0.25, 0.3) is 10.0 Å². The van der Waals surface area contributed by atoms with Gasteiger partial charge < -0.3 is 5.73 Å². The molecule has 0 fully saturated rings. The van der Waals surface area contributed by atoms with Crippen LogP contribution in [0, 0.1) is 0 Å². The Bertz CT molecular complexity index is 716. The molecule has 0 aromatic carbocycles. The van der Waals surface area contributed by atoms with Gasteiger partial charge in [-0.3, -0.25) is 9.40 Å². The van der Waals surface area contributed by atoms with Gasteiger partial charge in [0.15, 0.2) is 5.82 Å². The number of hydrogen-bond acceptors (Lipinski definition) is 5. The Morgan fingerprint density at radius 2 is 2.14 bits per heavy atom. The Kier molecular flexibility index (Phi) is 4.21. The Morgan fingerprint density at radius 1 is 1.43 bits per heavy atom. The van der Waals surface area contributed by atoms with Crippen LogP contribution in [-0.2, 0) is 16.6 Å². The minimum atomic E-state index is -3.79. The van der Waals surface area contributed by atoms with E-state index in [0.29, 0.717) is 12.4 Å². The first-order valence-corrected chi connectivity index (χ1v) is 8.22. The predicted octanol–water partition coefficient (Wildman–Crippen LogP) is 1.45. The maximum atomic E-state index is 12.4. The molecule has 116 valence electrons. The maximum absolute atomic E-state index is 12.4. The third-order valence-corrected chi connectivity index (χ3v) is 4.27. The topological polar surface area (TPSA) is 108 Å². The quantitative estimate of drug-likeness (QED) is 0.839. The zero-order valence-electron chi connectivity index (χ0n) is 12.3. The fourth-order valence-corrected chi connectivity index (χ4v) is 3.09. The molecule has 0 aliphatic rings. The SMILES string of the molecule is CCCn1cc(S(=O)(=O)Nc2ccnn2C(C)C)c(N)n1. The zero-order valence-corrected chi connectivity index (χ0v) is 13.1. The number of hydrogen-bond donors (Lipinski definition) is 2. The van der Waals surface area contributed by atoms with Crippen molar-refractivity contribution in [1.29, 1.82) is 0 Å². The molecule has 3 N–H and O–H groups in total. The Balaban J connectivity index is 2.32. The third-order valence-electron chi connectivity index (χ3n) is 2.90. The first kappa shape index (κ1) is 15.4. The molecule has 0 amide bonds. The van der Waals surface area contributed by atoms with Gasteiger partial charge in [-0.2, -0.15) is 10.2 Å². The van der Waals surface area contributed by atoms with Crippen LogP contribution in [0.4, 0.5) is 11.6 Å². The molecule has 2 aromatic rings. The van der Waals surface area contributed by atoms with Gasteiger partial charge in [-0.15, -0.1) is 0 Å². The van der Waals surface area contributed by atoms with E-state index in [2.05, 4.69) is 14.9 Å². The molecule has 2 heterocycles. The number of nitrogens with zero attached hydrogens (tertiary/aromatic N) is 4. The molecule has 0 spiro atoms. The van der Waals surface area contributed by atoms with Crippen molar-refractivity contribution in [3.8, 4) is 0 Å². The number of nitrogen functional groups attached to an aromatic ring is 1. The van der Waals surface area contributed by atoms with Gasteiger partial charge in [-0.05, 0) is 20.3 Å². The lowest BCUT2D eigenvalue weighted by atomic mass is 10.4. The summed E-state index contributed by atoms with van der Waals surface area (Å²) < 4.78 is 30.5. The second-order valence-electron chi connectivity index (χ2n) is 5.00. The van der Waals surface area contributed by atoms with E-state index in [1.165, 1.54) is 10.9 Å². The molecule has 0 radical (unpaired) electrons. The highest BCUT2D eigenvalue weighted by atomic mass is 32.2. The number of aromatic nitrogens is 4. The van der Waals surface area contributed by atoms with Crippen LogP contribution in [0.1, 0.15) is 33.2 Å². The molecule has 0 bridgehead atoms. The number of aryl methyl sites for hydroxylation is 1. The first-order chi connectivity index (χ1) is 9.85. The van der Waals surface area contributed by atoms with Gasteiger partial charge in [-0.25, -0.2) is 13.1 Å². The van der Waals surface area contributed by atoms with Gasteiger partial charge >= 0.3 is 0 Å². The van der Waals surface area contributed by atoms with Crippen molar-refractivity contribution in [2.75, 3.05) is 10.5 Å². The van der Waals surface area contributed by atoms with E-state index in [4.69, 9.17) is 5.73 Å². The van der Waals surface area contributed by atoms with Crippen molar-refractivity contribution in [1.82, 2.24) is 19.6 Å². The van der Waals surface area contributed by atoms with Gasteiger partial charge in [0.2, 0.25) is 0 Å². The molecule has 0 unspecified atom stereocenters. The van der Waals surface area contributed by atoms with E-state index in [9.17, 15) is 8.42 Å². The van der Waals surface area contributed by atoms with Crippen molar-refractivity contribution in [2.45, 2.75) is 44.7 Å². The Morgan fingerprint density at radius 3 is 2.76 bits per heavy atom. The molecule has 2 rings (SSSR count). The lowest BCUT2D eigenvalue weighted by molar-refractivity contribution is 0.539. The van der Waals surface area contributed by atoms with Crippen LogP contribution in [-0.4, -0.2) is 28.0 Å². The summed E-state index contributed by atoms with van der Waals surface area (Å²) in [4.78, 5) is -0.0209. The lowest BCUT2D eigenvalue weighted by Crippen LogP contribution is -2.17. The normalized spacial score (nSPS) is 12.0. The van der Waals surface area contributed by atoms with Crippen molar-refractivity contribution in [3.05, 3.63) is 18.5 Å². The average Bonchev–Trinajstić information content (AvgIpc) is 2.96. The smallest absolute Gasteiger partial charge is 0.268 e. The minimum absolute atomic E-state index is 0.00781. The van der Waals surface area contributed by atoms with Crippen LogP contribution < -0.4 is 10.5 Å². The predicted molar refractivity (Wildman–Crippen MR) is 80.4 cm³/mol. The number of nitrogens with one attached hydrogen (secondary N) is 1. The molecule has 0 aliphatic carbocycles. The highest BCUT2D eigenvalue weighted by Crippen LogP contribution is 2.22. The molecule has 9 heteroatoms. The second-order valence-corrected chi connectivity index (χ2v) is 6.65. The second kappa shape index (κ2) is 5.76. The van der Waals surface area contributed by atoms with Gasteiger partial charge in [0.1, 0.15) is 10.7 Å². The zero-order chi connectivity index (χ0) is 15.6. The summed E-state index contributed by atoms with van der Waals surface area (Å²) >= 11 is 0. The van der Waals surface area contributed by atoms with E-state index in [1.54, 1.807) is 16.9 Å². The molecule has 0 atom stereocenters. The molecule has 8 nitrogen and oxygen atoms in total. The van der Waals surface area contributed by atoms with E-state index < -0.39 is 10.0 Å². The molecule has 0 saturated carbocycles. The Hall–Kier alpha value is -2.03. The first-order valence-electron chi connectivity index (χ1n) is 6.74. The average molecular weight is 312 g/mol. The summed E-state index contributed by atoms with van der Waals surface area (Å²) in [5.74, 6) is 0.388. The summed E-state index contributed by atoms with van der Waals surface area (Å²) in [7, 11) is -3.79. The van der Waals surface area contributed by atoms with E-state index in [-0.39, 0.29) is 16.8 Å². The largest absolute Gasteiger partial charge is 0.381 e. The van der Waals surface area contributed by atoms with Crippen molar-refractivity contribution in [2.24, 2.45) is 0 Å². The number of sulfonamides is 1. The van der Waals surface area contributed by atoms with Crippen molar-refractivity contribution >= 4 is 21.7 Å². The molecular weight excluding hydrogens is 292 g/mol. The standard InChI is InChI=1S/C12H20N6O2S/c1-4-7-17-8-10(12(13)15-17)21(19,20)16-11-5-6-14-18(11)9(2)3/h5-6,8-9,16H,4,7H2,1-3H3,(H2,13,15). The fourth-order valence-electron chi connectivity index (χ4n) is 1.97. The summed E-state index contributed by atoms with van der Waals surface area (Å²) in [6.07, 6.45) is 3.83. The van der Waals surface area contributed by atoms with E-state index in [1.807, 2.05) is 20.8 Å². The molecule has 21 heavy (non-hydrogen) atoms. The molecule has 2 aromatic heterocycles. The van der Waals surface area contributed by atoms with Gasteiger partial charge in [-0.1, -0.05) is 6.92 Å². The number of nitrogens with two attached hydrogens (primary N) is 1. The van der Waals surface area contributed by atoms with Crippen LogP contribution in [0.15, 0.2) is 23.4 Å². The van der Waals surface area contributed by atoms with E-state index in [0.717, 1.165) is 6.42 Å². The summed E-state index contributed by atoms with van der Waals surface area (Å²) in [6.45, 7) is 6.42. The van der Waals surface area contributed by atoms with E-state index >= 15 is 0 Å². The summed E-state index contributed by atoms with van der Waals surface area (Å²) in [6, 6.07) is 1.64. The maximum Gasteiger partial charge on any atom is 0.268 e. The molecular formula is C12H20N6O2S. The monoisotopic (exact) mass is 312 g/mol. The Labute approximate surface area is 124 Å². The van der Waals surface area contributed by atoms with Crippen LogP contribution >= 0.6 is 0 Å². The van der Waals surface area contributed by atoms with Crippen LogP contribution in [0.25, 0.3) is 0 Å². The van der Waals surface area contributed by atoms with Crippen molar-refractivity contribution < 1.29 is 8.42 Å². The summed E-state index contributed by atoms with van der Waals surface area (Å²) in [5, 5.41) is 8.09. The third kappa shape index (κ3) is 3.18. The van der Waals surface area contributed by atoms with Crippen LogP contribution in [0.2, 0.25) is 0 Å². The number of anilines is 2. The van der Waals surface area contributed by atoms with Gasteiger partial charge in [0, 0.05) is 24.8 Å². The highest BCUT2D eigenvalue weighted by Gasteiger charge is 2.23. The highest BCUT2D eigenvalue weighted by molar-refractivity contribution is 7.92. The van der Waals surface area contributed by atoms with Gasteiger partial charge in [0.05, 0.1) is 6.20 Å². The van der Waals surface area contributed by atoms with Crippen LogP contribution in [0.5, 0.6) is 0 Å². The summed E-state index contributed by atoms with van der Waals surface area (Å²) in [5.41, 5.74) is 5.71. The molecule has 0 aliphatic heterocycles. The minimum Gasteiger partial charge on any atom is -0.381 e. The fraction of sp³-hybridized carbons (Fsp3) is 0.500. The molecule has 0 saturated heterocycles. The lowest BCUT2D eigenvalue weighted by Gasteiger charge is -2.12. The van der Waals surface area contributed by atoms with Crippen LogP contribution in [0.3, 0.4) is 0 Å².